The maximum absolute atomic E-state index is 15.4. The van der Waals surface area contributed by atoms with Gasteiger partial charge in [-0.1, -0.05) is 24.3 Å². The van der Waals surface area contributed by atoms with E-state index < -0.39 is 22.8 Å². The molecule has 0 radical (unpaired) electrons. The van der Waals surface area contributed by atoms with Gasteiger partial charge in [0.1, 0.15) is 0 Å². The number of nitrogens with one attached hydrogen (secondary N) is 3. The van der Waals surface area contributed by atoms with Crippen LogP contribution in [0.15, 0.2) is 53.9 Å². The largest absolute Gasteiger partial charge is 0.332 e. The van der Waals surface area contributed by atoms with E-state index in [1.54, 1.807) is 30.3 Å². The van der Waals surface area contributed by atoms with Gasteiger partial charge in [-0.15, -0.1) is 11.3 Å². The molecule has 2 atom stereocenters. The molecule has 3 rings (SSSR count). The van der Waals surface area contributed by atoms with E-state index in [1.807, 2.05) is 12.3 Å². The van der Waals surface area contributed by atoms with Crippen LogP contribution in [0.25, 0.3) is 0 Å². The lowest BCUT2D eigenvalue weighted by Gasteiger charge is -2.22. The average Bonchev–Trinajstić information content (AvgIpc) is 3.07. The number of halogens is 1. The van der Waals surface area contributed by atoms with Crippen molar-refractivity contribution in [1.82, 2.24) is 4.98 Å². The number of carbonyl (C=O) groups excluding carboxylic acids is 1. The van der Waals surface area contributed by atoms with Crippen LogP contribution in [0.3, 0.4) is 0 Å². The SMILES string of the molecule is Cc1csc(Nc2cccc(C(C)(F)C(=O)Nc3ccccc3NS(=O)O)c2)n1. The molecule has 0 aliphatic carbocycles. The Morgan fingerprint density at radius 1 is 1.21 bits per heavy atom. The van der Waals surface area contributed by atoms with E-state index in [2.05, 4.69) is 20.3 Å². The molecule has 7 nitrogen and oxygen atoms in total. The van der Waals surface area contributed by atoms with Crippen molar-refractivity contribution in [2.24, 2.45) is 0 Å². The zero-order valence-electron chi connectivity index (χ0n) is 15.6. The van der Waals surface area contributed by atoms with Crippen molar-refractivity contribution in [3.05, 3.63) is 65.2 Å². The molecule has 0 bridgehead atoms. The van der Waals surface area contributed by atoms with Gasteiger partial charge in [-0.2, -0.15) is 0 Å². The van der Waals surface area contributed by atoms with E-state index in [0.717, 1.165) is 12.6 Å². The Labute approximate surface area is 173 Å². The van der Waals surface area contributed by atoms with Crippen LogP contribution in [0.5, 0.6) is 0 Å². The summed E-state index contributed by atoms with van der Waals surface area (Å²) in [6.07, 6.45) is 0. The van der Waals surface area contributed by atoms with E-state index in [9.17, 15) is 9.00 Å². The third kappa shape index (κ3) is 5.17. The van der Waals surface area contributed by atoms with Crippen LogP contribution in [-0.4, -0.2) is 19.7 Å². The number of para-hydroxylation sites is 2. The number of hydrogen-bond acceptors (Lipinski definition) is 5. The Bertz CT molecular complexity index is 1060. The van der Waals surface area contributed by atoms with Gasteiger partial charge in [0.05, 0.1) is 17.1 Å². The number of aromatic nitrogens is 1. The summed E-state index contributed by atoms with van der Waals surface area (Å²) in [5.74, 6) is -0.905. The molecule has 0 aliphatic rings. The second-order valence-electron chi connectivity index (χ2n) is 6.35. The van der Waals surface area contributed by atoms with Gasteiger partial charge in [-0.3, -0.25) is 14.1 Å². The maximum atomic E-state index is 15.4. The summed E-state index contributed by atoms with van der Waals surface area (Å²) in [7, 11) is 0. The number of carbonyl (C=O) groups is 1. The summed E-state index contributed by atoms with van der Waals surface area (Å²) in [4.78, 5) is 17.0. The van der Waals surface area contributed by atoms with Crippen LogP contribution in [0.4, 0.5) is 26.6 Å². The highest BCUT2D eigenvalue weighted by atomic mass is 32.2. The lowest BCUT2D eigenvalue weighted by Crippen LogP contribution is -2.33. The summed E-state index contributed by atoms with van der Waals surface area (Å²) in [6.45, 7) is 3.04. The number of aryl methyl sites for hydroxylation is 1. The fourth-order valence-corrected chi connectivity index (χ4v) is 3.64. The number of alkyl halides is 1. The highest BCUT2D eigenvalue weighted by Crippen LogP contribution is 2.32. The standard InChI is InChI=1S/C19H19FN4O3S2/c1-12-11-28-18(21-12)22-14-7-5-6-13(10-14)19(2,20)17(25)23-15-8-3-4-9-16(15)24-29(26)27/h3-11,24H,1-2H3,(H,21,22)(H,23,25)(H,26,27). The van der Waals surface area contributed by atoms with Crippen molar-refractivity contribution >= 4 is 50.7 Å². The normalized spacial score (nSPS) is 13.9. The second-order valence-corrected chi connectivity index (χ2v) is 7.91. The smallest absolute Gasteiger partial charge is 0.266 e. The van der Waals surface area contributed by atoms with Crippen LogP contribution < -0.4 is 15.4 Å². The molecule has 29 heavy (non-hydrogen) atoms. The van der Waals surface area contributed by atoms with E-state index in [0.29, 0.717) is 10.8 Å². The highest BCUT2D eigenvalue weighted by Gasteiger charge is 2.35. The van der Waals surface area contributed by atoms with Crippen molar-refractivity contribution in [3.8, 4) is 0 Å². The molecule has 3 aromatic rings. The molecule has 2 unspecified atom stereocenters. The Balaban J connectivity index is 1.80. The molecular weight excluding hydrogens is 415 g/mol. The molecule has 1 aromatic heterocycles. The zero-order chi connectivity index (χ0) is 21.0. The first-order valence-electron chi connectivity index (χ1n) is 8.52. The van der Waals surface area contributed by atoms with Gasteiger partial charge in [0, 0.05) is 16.6 Å². The topological polar surface area (TPSA) is 103 Å². The third-order valence-corrected chi connectivity index (χ3v) is 5.34. The summed E-state index contributed by atoms with van der Waals surface area (Å²) in [5, 5.41) is 8.13. The first-order chi connectivity index (χ1) is 13.8. The first kappa shape index (κ1) is 20.9. The molecule has 152 valence electrons. The minimum Gasteiger partial charge on any atom is -0.332 e. The number of benzene rings is 2. The van der Waals surface area contributed by atoms with E-state index >= 15 is 4.39 Å². The second kappa shape index (κ2) is 8.68. The number of hydrogen-bond donors (Lipinski definition) is 4. The third-order valence-electron chi connectivity index (χ3n) is 4.07. The molecule has 0 spiro atoms. The van der Waals surface area contributed by atoms with Crippen molar-refractivity contribution in [2.75, 3.05) is 15.4 Å². The van der Waals surface area contributed by atoms with Crippen molar-refractivity contribution in [2.45, 2.75) is 19.5 Å². The van der Waals surface area contributed by atoms with Crippen molar-refractivity contribution < 1.29 is 17.9 Å². The monoisotopic (exact) mass is 434 g/mol. The van der Waals surface area contributed by atoms with Gasteiger partial charge in [-0.05, 0) is 38.1 Å². The molecular formula is C19H19FN4O3S2. The molecule has 10 heteroatoms. The van der Waals surface area contributed by atoms with Gasteiger partial charge in [0.2, 0.25) is 5.67 Å². The highest BCUT2D eigenvalue weighted by molar-refractivity contribution is 7.80. The summed E-state index contributed by atoms with van der Waals surface area (Å²) in [5.41, 5.74) is -0.319. The fraction of sp³-hybridized carbons (Fsp3) is 0.158. The number of thiazole rings is 1. The van der Waals surface area contributed by atoms with Crippen LogP contribution in [0.1, 0.15) is 18.2 Å². The zero-order valence-corrected chi connectivity index (χ0v) is 17.2. The Morgan fingerprint density at radius 2 is 1.93 bits per heavy atom. The minimum atomic E-state index is -2.35. The Kier molecular flexibility index (Phi) is 6.26. The molecule has 0 saturated heterocycles. The summed E-state index contributed by atoms with van der Waals surface area (Å²) < 4.78 is 37.8. The van der Waals surface area contributed by atoms with E-state index in [-0.39, 0.29) is 16.9 Å². The summed E-state index contributed by atoms with van der Waals surface area (Å²) >= 11 is -0.903. The predicted octanol–water partition coefficient (Wildman–Crippen LogP) is 4.57. The molecule has 0 saturated carbocycles. The lowest BCUT2D eigenvalue weighted by molar-refractivity contribution is -0.126. The first-order valence-corrected chi connectivity index (χ1v) is 10.5. The Morgan fingerprint density at radius 3 is 2.59 bits per heavy atom. The van der Waals surface area contributed by atoms with Gasteiger partial charge in [-0.25, -0.2) is 13.6 Å². The maximum Gasteiger partial charge on any atom is 0.266 e. The van der Waals surface area contributed by atoms with E-state index in [1.165, 1.54) is 29.5 Å². The van der Waals surface area contributed by atoms with Gasteiger partial charge < -0.3 is 10.6 Å². The average molecular weight is 435 g/mol. The minimum absolute atomic E-state index is 0.157. The van der Waals surface area contributed by atoms with Gasteiger partial charge >= 0.3 is 0 Å². The predicted molar refractivity (Wildman–Crippen MR) is 115 cm³/mol. The van der Waals surface area contributed by atoms with Crippen LogP contribution in [-0.2, 0) is 21.7 Å². The quantitative estimate of drug-likeness (QED) is 0.408. The molecule has 4 N–H and O–H groups in total. The van der Waals surface area contributed by atoms with Gasteiger partial charge in [0.25, 0.3) is 17.2 Å². The number of anilines is 4. The van der Waals surface area contributed by atoms with Crippen LogP contribution in [0.2, 0.25) is 0 Å². The lowest BCUT2D eigenvalue weighted by atomic mass is 9.96. The Hall–Kier alpha value is -2.82. The van der Waals surface area contributed by atoms with Crippen molar-refractivity contribution in [3.63, 3.8) is 0 Å². The molecule has 1 amide bonds. The number of rotatable bonds is 7. The van der Waals surface area contributed by atoms with Gasteiger partial charge in [0.15, 0.2) is 5.13 Å². The molecule has 2 aromatic carbocycles. The molecule has 0 fully saturated rings. The fourth-order valence-electron chi connectivity index (χ4n) is 2.57. The number of amides is 1. The van der Waals surface area contributed by atoms with Crippen LogP contribution in [0, 0.1) is 6.92 Å². The molecule has 0 aliphatic heterocycles. The van der Waals surface area contributed by atoms with Crippen molar-refractivity contribution in [1.29, 1.82) is 0 Å². The summed E-state index contributed by atoms with van der Waals surface area (Å²) in [6, 6.07) is 12.7. The van der Waals surface area contributed by atoms with Crippen LogP contribution >= 0.6 is 11.3 Å². The van der Waals surface area contributed by atoms with E-state index in [4.69, 9.17) is 4.55 Å². The molecule has 1 heterocycles. The number of nitrogens with zero attached hydrogens (tertiary/aromatic N) is 1.